The molecule has 3 rings (SSSR count). The molecule has 0 radical (unpaired) electrons. The van der Waals surface area contributed by atoms with Crippen LogP contribution in [0.4, 0.5) is 0 Å². The maximum Gasteiger partial charge on any atom is 0.215 e. The van der Waals surface area contributed by atoms with E-state index in [1.54, 1.807) is 0 Å². The van der Waals surface area contributed by atoms with E-state index < -0.39 is 10.0 Å². The van der Waals surface area contributed by atoms with Crippen LogP contribution in [-0.4, -0.2) is 56.8 Å². The Labute approximate surface area is 116 Å². The van der Waals surface area contributed by atoms with E-state index >= 15 is 0 Å². The molecule has 0 spiro atoms. The number of piperidine rings is 2. The zero-order valence-corrected chi connectivity index (χ0v) is 12.3. The number of fused-ring (bicyclic) bond motifs is 1. The maximum absolute atomic E-state index is 12.4. The fourth-order valence-corrected chi connectivity index (χ4v) is 5.43. The summed E-state index contributed by atoms with van der Waals surface area (Å²) in [4.78, 5) is 2.52. The summed E-state index contributed by atoms with van der Waals surface area (Å²) in [5.74, 6) is 0. The molecule has 3 unspecified atom stereocenters. The topological polar surface area (TPSA) is 61.4 Å². The van der Waals surface area contributed by atoms with Crippen LogP contribution in [0.1, 0.15) is 38.5 Å². The van der Waals surface area contributed by atoms with Gasteiger partial charge in [0.05, 0.1) is 5.25 Å². The van der Waals surface area contributed by atoms with Gasteiger partial charge in [0.25, 0.3) is 0 Å². The average molecular weight is 287 g/mol. The van der Waals surface area contributed by atoms with Crippen molar-refractivity contribution in [2.75, 3.05) is 26.2 Å². The summed E-state index contributed by atoms with van der Waals surface area (Å²) in [7, 11) is -3.14. The molecule has 5 nitrogen and oxygen atoms in total. The van der Waals surface area contributed by atoms with Gasteiger partial charge in [0, 0.05) is 18.6 Å². The SMILES string of the molecule is O=S(=O)(NC1CCN2CCCC2C1)C1CCCNC1. The molecule has 3 aliphatic rings. The first-order valence-electron chi connectivity index (χ1n) is 7.61. The Kier molecular flexibility index (Phi) is 4.12. The van der Waals surface area contributed by atoms with Crippen molar-refractivity contribution in [3.8, 4) is 0 Å². The van der Waals surface area contributed by atoms with E-state index in [9.17, 15) is 8.42 Å². The van der Waals surface area contributed by atoms with Crippen molar-refractivity contribution < 1.29 is 8.42 Å². The minimum Gasteiger partial charge on any atom is -0.315 e. The summed E-state index contributed by atoms with van der Waals surface area (Å²) in [6.07, 6.45) is 6.24. The van der Waals surface area contributed by atoms with Crippen LogP contribution in [0.15, 0.2) is 0 Å². The van der Waals surface area contributed by atoms with E-state index in [2.05, 4.69) is 14.9 Å². The molecule has 19 heavy (non-hydrogen) atoms. The van der Waals surface area contributed by atoms with E-state index in [-0.39, 0.29) is 11.3 Å². The van der Waals surface area contributed by atoms with Crippen molar-refractivity contribution in [2.45, 2.75) is 55.9 Å². The Balaban J connectivity index is 1.58. The van der Waals surface area contributed by atoms with Crippen LogP contribution in [0.3, 0.4) is 0 Å². The predicted octanol–water partition coefficient (Wildman–Crippen LogP) is 0.285. The summed E-state index contributed by atoms with van der Waals surface area (Å²) in [5, 5.41) is 2.95. The Morgan fingerprint density at radius 3 is 2.79 bits per heavy atom. The van der Waals surface area contributed by atoms with Gasteiger partial charge >= 0.3 is 0 Å². The van der Waals surface area contributed by atoms with Gasteiger partial charge in [-0.25, -0.2) is 13.1 Å². The largest absolute Gasteiger partial charge is 0.315 e. The quantitative estimate of drug-likeness (QED) is 0.783. The van der Waals surface area contributed by atoms with Gasteiger partial charge in [0.1, 0.15) is 0 Å². The molecule has 6 heteroatoms. The first-order chi connectivity index (χ1) is 9.15. The van der Waals surface area contributed by atoms with Crippen LogP contribution in [-0.2, 0) is 10.0 Å². The summed E-state index contributed by atoms with van der Waals surface area (Å²) in [6, 6.07) is 0.775. The van der Waals surface area contributed by atoms with Crippen molar-refractivity contribution in [1.29, 1.82) is 0 Å². The highest BCUT2D eigenvalue weighted by Crippen LogP contribution is 2.27. The number of sulfonamides is 1. The molecular formula is C13H25N3O2S. The van der Waals surface area contributed by atoms with Crippen molar-refractivity contribution in [3.05, 3.63) is 0 Å². The van der Waals surface area contributed by atoms with E-state index in [4.69, 9.17) is 0 Å². The first-order valence-corrected chi connectivity index (χ1v) is 9.16. The monoisotopic (exact) mass is 287 g/mol. The third-order valence-corrected chi connectivity index (χ3v) is 6.78. The Hall–Kier alpha value is -0.170. The zero-order valence-electron chi connectivity index (χ0n) is 11.5. The zero-order chi connectivity index (χ0) is 13.3. The van der Waals surface area contributed by atoms with Crippen molar-refractivity contribution in [3.63, 3.8) is 0 Å². The van der Waals surface area contributed by atoms with Gasteiger partial charge < -0.3 is 10.2 Å². The first kappa shape index (κ1) is 13.8. The number of hydrogen-bond acceptors (Lipinski definition) is 4. The number of nitrogens with zero attached hydrogens (tertiary/aromatic N) is 1. The van der Waals surface area contributed by atoms with E-state index in [1.165, 1.54) is 19.4 Å². The standard InChI is InChI=1S/C13H25N3O2S/c17-19(18,13-4-1-6-14-10-13)15-11-5-8-16-7-2-3-12(16)9-11/h11-15H,1-10H2. The Morgan fingerprint density at radius 1 is 1.11 bits per heavy atom. The van der Waals surface area contributed by atoms with Crippen LogP contribution in [0, 0.1) is 0 Å². The summed E-state index contributed by atoms with van der Waals surface area (Å²) >= 11 is 0. The molecule has 0 aromatic rings. The van der Waals surface area contributed by atoms with Gasteiger partial charge in [-0.15, -0.1) is 0 Å². The van der Waals surface area contributed by atoms with E-state index in [1.807, 2.05) is 0 Å². The molecule has 3 saturated heterocycles. The highest BCUT2D eigenvalue weighted by molar-refractivity contribution is 7.90. The lowest BCUT2D eigenvalue weighted by molar-refractivity contribution is 0.176. The molecule has 3 atom stereocenters. The molecule has 0 aliphatic carbocycles. The average Bonchev–Trinajstić information content (AvgIpc) is 2.87. The number of hydrogen-bond donors (Lipinski definition) is 2. The lowest BCUT2D eigenvalue weighted by Crippen LogP contribution is -2.51. The van der Waals surface area contributed by atoms with Gasteiger partial charge in [-0.3, -0.25) is 0 Å². The van der Waals surface area contributed by atoms with Crippen LogP contribution < -0.4 is 10.0 Å². The summed E-state index contributed by atoms with van der Waals surface area (Å²) in [6.45, 7) is 3.82. The van der Waals surface area contributed by atoms with Gasteiger partial charge in [-0.2, -0.15) is 0 Å². The van der Waals surface area contributed by atoms with E-state index in [0.29, 0.717) is 12.6 Å². The molecule has 0 saturated carbocycles. The summed E-state index contributed by atoms with van der Waals surface area (Å²) < 4.78 is 27.7. The Morgan fingerprint density at radius 2 is 2.00 bits per heavy atom. The van der Waals surface area contributed by atoms with Gasteiger partial charge in [-0.1, -0.05) is 0 Å². The second kappa shape index (κ2) is 5.68. The molecule has 3 fully saturated rings. The van der Waals surface area contributed by atoms with Crippen molar-refractivity contribution in [1.82, 2.24) is 14.9 Å². The molecule has 0 aromatic carbocycles. The Bertz CT molecular complexity index is 406. The highest BCUT2D eigenvalue weighted by atomic mass is 32.2. The predicted molar refractivity (Wildman–Crippen MR) is 75.6 cm³/mol. The molecule has 3 aliphatic heterocycles. The summed E-state index contributed by atoms with van der Waals surface area (Å²) in [5.41, 5.74) is 0. The molecule has 0 bridgehead atoms. The molecular weight excluding hydrogens is 262 g/mol. The van der Waals surface area contributed by atoms with E-state index in [0.717, 1.165) is 38.8 Å². The number of nitrogens with one attached hydrogen (secondary N) is 2. The minimum atomic E-state index is -3.14. The smallest absolute Gasteiger partial charge is 0.215 e. The van der Waals surface area contributed by atoms with Crippen LogP contribution >= 0.6 is 0 Å². The molecule has 110 valence electrons. The molecule has 0 amide bonds. The van der Waals surface area contributed by atoms with Crippen LogP contribution in [0.25, 0.3) is 0 Å². The van der Waals surface area contributed by atoms with Gasteiger partial charge in [-0.05, 0) is 58.2 Å². The lowest BCUT2D eigenvalue weighted by Gasteiger charge is -2.36. The minimum absolute atomic E-state index is 0.159. The van der Waals surface area contributed by atoms with Crippen LogP contribution in [0.5, 0.6) is 0 Å². The lowest BCUT2D eigenvalue weighted by atomic mass is 9.99. The normalized spacial score (nSPS) is 37.2. The molecule has 3 heterocycles. The highest BCUT2D eigenvalue weighted by Gasteiger charge is 2.35. The maximum atomic E-state index is 12.4. The number of rotatable bonds is 3. The second-order valence-electron chi connectivity index (χ2n) is 6.18. The second-order valence-corrected chi connectivity index (χ2v) is 8.18. The fourth-order valence-electron chi connectivity index (χ4n) is 3.74. The molecule has 0 aromatic heterocycles. The third kappa shape index (κ3) is 3.12. The fraction of sp³-hybridized carbons (Fsp3) is 1.00. The van der Waals surface area contributed by atoms with Gasteiger partial charge in [0.15, 0.2) is 0 Å². The van der Waals surface area contributed by atoms with Gasteiger partial charge in [0.2, 0.25) is 10.0 Å². The third-order valence-electron chi connectivity index (χ3n) is 4.84. The molecule has 2 N–H and O–H groups in total. The van der Waals surface area contributed by atoms with Crippen LogP contribution in [0.2, 0.25) is 0 Å². The van der Waals surface area contributed by atoms with Crippen molar-refractivity contribution >= 4 is 10.0 Å². The van der Waals surface area contributed by atoms with Crippen molar-refractivity contribution in [2.24, 2.45) is 0 Å².